The van der Waals surface area contributed by atoms with Gasteiger partial charge in [-0.05, 0) is 24.6 Å². The van der Waals surface area contributed by atoms with Gasteiger partial charge < -0.3 is 20.5 Å². The highest BCUT2D eigenvalue weighted by Gasteiger charge is 2.19. The van der Waals surface area contributed by atoms with Crippen molar-refractivity contribution in [2.75, 3.05) is 13.7 Å². The second kappa shape index (κ2) is 9.45. The topological polar surface area (TPSA) is 108 Å². The van der Waals surface area contributed by atoms with Crippen molar-refractivity contribution in [3.63, 3.8) is 0 Å². The quantitative estimate of drug-likeness (QED) is 0.646. The number of primary amides is 1. The minimum absolute atomic E-state index is 0.0340. The van der Waals surface area contributed by atoms with Gasteiger partial charge in [0.1, 0.15) is 11.8 Å². The highest BCUT2D eigenvalue weighted by atomic mass is 16.5. The first-order chi connectivity index (χ1) is 11.0. The van der Waals surface area contributed by atoms with E-state index >= 15 is 0 Å². The normalized spacial score (nSPS) is 11.4. The first-order valence-electron chi connectivity index (χ1n) is 7.33. The molecule has 0 aliphatic carbocycles. The molecule has 0 unspecified atom stereocenters. The zero-order chi connectivity index (χ0) is 17.2. The highest BCUT2D eigenvalue weighted by molar-refractivity contribution is 5.88. The van der Waals surface area contributed by atoms with E-state index in [1.54, 1.807) is 38.3 Å². The van der Waals surface area contributed by atoms with E-state index in [1.807, 2.05) is 0 Å². The first kappa shape index (κ1) is 18.5. The van der Waals surface area contributed by atoms with Crippen LogP contribution in [0.25, 0.3) is 0 Å². The molecule has 1 atom stereocenters. The Balaban J connectivity index is 2.55. The van der Waals surface area contributed by atoms with Gasteiger partial charge in [0.05, 0.1) is 20.1 Å². The number of rotatable bonds is 9. The Bertz CT molecular complexity index is 542. The van der Waals surface area contributed by atoms with Gasteiger partial charge in [0.25, 0.3) is 0 Å². The molecule has 23 heavy (non-hydrogen) atoms. The van der Waals surface area contributed by atoms with Crippen LogP contribution in [-0.2, 0) is 25.5 Å². The van der Waals surface area contributed by atoms with Crippen LogP contribution in [0.1, 0.15) is 25.3 Å². The van der Waals surface area contributed by atoms with Crippen LogP contribution in [0.15, 0.2) is 24.3 Å². The van der Waals surface area contributed by atoms with E-state index in [9.17, 15) is 14.4 Å². The van der Waals surface area contributed by atoms with Crippen LogP contribution in [0.4, 0.5) is 0 Å². The fourth-order valence-corrected chi connectivity index (χ4v) is 1.94. The number of nitrogens with two attached hydrogens (primary N) is 1. The molecule has 0 saturated carbocycles. The van der Waals surface area contributed by atoms with Crippen molar-refractivity contribution in [3.05, 3.63) is 29.8 Å². The maximum atomic E-state index is 11.8. The molecule has 0 radical (unpaired) electrons. The number of nitrogens with one attached hydrogen (secondary N) is 1. The van der Waals surface area contributed by atoms with Crippen LogP contribution < -0.4 is 15.8 Å². The maximum Gasteiger partial charge on any atom is 0.306 e. The SMILES string of the molecule is CCOC(=O)CCC(=O)N[C@@H](Cc1ccc(OC)cc1)C(N)=O. The van der Waals surface area contributed by atoms with Gasteiger partial charge in [-0.2, -0.15) is 0 Å². The largest absolute Gasteiger partial charge is 0.497 e. The van der Waals surface area contributed by atoms with Crippen molar-refractivity contribution >= 4 is 17.8 Å². The number of hydrogen-bond acceptors (Lipinski definition) is 5. The summed E-state index contributed by atoms with van der Waals surface area (Å²) in [5.74, 6) is -0.808. The van der Waals surface area contributed by atoms with Crippen molar-refractivity contribution in [1.29, 1.82) is 0 Å². The van der Waals surface area contributed by atoms with Crippen LogP contribution in [0.2, 0.25) is 0 Å². The van der Waals surface area contributed by atoms with E-state index in [0.29, 0.717) is 5.75 Å². The molecule has 126 valence electrons. The summed E-state index contributed by atoms with van der Waals surface area (Å²) in [5, 5.41) is 2.54. The fourth-order valence-electron chi connectivity index (χ4n) is 1.94. The molecular weight excluding hydrogens is 300 g/mol. The molecule has 1 aromatic rings. The standard InChI is InChI=1S/C16H22N2O5/c1-3-23-15(20)9-8-14(19)18-13(16(17)21)10-11-4-6-12(22-2)7-5-11/h4-7,13H,3,8-10H2,1-2H3,(H2,17,21)(H,18,19)/t13-/m0/s1. The number of methoxy groups -OCH3 is 1. The third-order valence-electron chi connectivity index (χ3n) is 3.14. The van der Waals surface area contributed by atoms with Gasteiger partial charge in [0, 0.05) is 12.8 Å². The Morgan fingerprint density at radius 1 is 1.17 bits per heavy atom. The molecule has 2 amide bonds. The van der Waals surface area contributed by atoms with E-state index in [-0.39, 0.29) is 25.9 Å². The molecule has 0 heterocycles. The van der Waals surface area contributed by atoms with E-state index in [4.69, 9.17) is 15.2 Å². The summed E-state index contributed by atoms with van der Waals surface area (Å²) in [6.07, 6.45) is 0.184. The third-order valence-corrected chi connectivity index (χ3v) is 3.14. The zero-order valence-electron chi connectivity index (χ0n) is 13.3. The smallest absolute Gasteiger partial charge is 0.306 e. The summed E-state index contributed by atoms with van der Waals surface area (Å²) in [5.41, 5.74) is 6.16. The molecule has 0 spiro atoms. The molecule has 0 aliphatic rings. The average Bonchev–Trinajstić information content (AvgIpc) is 2.53. The van der Waals surface area contributed by atoms with Crippen LogP contribution in [-0.4, -0.2) is 37.5 Å². The highest BCUT2D eigenvalue weighted by Crippen LogP contribution is 2.12. The lowest BCUT2D eigenvalue weighted by Gasteiger charge is -2.15. The lowest BCUT2D eigenvalue weighted by Crippen LogP contribution is -2.45. The number of carbonyl (C=O) groups is 3. The molecule has 0 aliphatic heterocycles. The summed E-state index contributed by atoms with van der Waals surface area (Å²) in [4.78, 5) is 34.5. The predicted octanol–water partition coefficient (Wildman–Crippen LogP) is 0.551. The zero-order valence-corrected chi connectivity index (χ0v) is 13.3. The van der Waals surface area contributed by atoms with Gasteiger partial charge in [-0.3, -0.25) is 14.4 Å². The molecular formula is C16H22N2O5. The van der Waals surface area contributed by atoms with Crippen molar-refractivity contribution < 1.29 is 23.9 Å². The molecule has 1 aromatic carbocycles. The number of esters is 1. The van der Waals surface area contributed by atoms with Crippen molar-refractivity contribution in [2.24, 2.45) is 5.73 Å². The predicted molar refractivity (Wildman–Crippen MR) is 83.7 cm³/mol. The third kappa shape index (κ3) is 6.82. The molecule has 1 rings (SSSR count). The van der Waals surface area contributed by atoms with Gasteiger partial charge in [0.2, 0.25) is 11.8 Å². The summed E-state index contributed by atoms with van der Waals surface area (Å²) in [7, 11) is 1.56. The monoisotopic (exact) mass is 322 g/mol. The fraction of sp³-hybridized carbons (Fsp3) is 0.438. The van der Waals surface area contributed by atoms with Gasteiger partial charge in [-0.25, -0.2) is 0 Å². The number of benzene rings is 1. The van der Waals surface area contributed by atoms with Crippen LogP contribution in [0.3, 0.4) is 0 Å². The Morgan fingerprint density at radius 2 is 1.83 bits per heavy atom. The molecule has 0 saturated heterocycles. The summed E-state index contributed by atoms with van der Waals surface area (Å²) in [6.45, 7) is 1.96. The lowest BCUT2D eigenvalue weighted by molar-refractivity contribution is -0.144. The van der Waals surface area contributed by atoms with E-state index in [1.165, 1.54) is 0 Å². The van der Waals surface area contributed by atoms with Gasteiger partial charge in [-0.15, -0.1) is 0 Å². The van der Waals surface area contributed by atoms with Gasteiger partial charge >= 0.3 is 5.97 Å². The molecule has 0 bridgehead atoms. The van der Waals surface area contributed by atoms with Crippen LogP contribution in [0, 0.1) is 0 Å². The Kier molecular flexibility index (Phi) is 7.59. The Labute approximate surface area is 135 Å². The summed E-state index contributed by atoms with van der Waals surface area (Å²) in [6, 6.07) is 6.27. The number of hydrogen-bond donors (Lipinski definition) is 2. The first-order valence-corrected chi connectivity index (χ1v) is 7.33. The second-order valence-electron chi connectivity index (χ2n) is 4.88. The van der Waals surface area contributed by atoms with Crippen LogP contribution in [0.5, 0.6) is 5.75 Å². The second-order valence-corrected chi connectivity index (χ2v) is 4.88. The van der Waals surface area contributed by atoms with Crippen LogP contribution >= 0.6 is 0 Å². The minimum Gasteiger partial charge on any atom is -0.497 e. The van der Waals surface area contributed by atoms with Gasteiger partial charge in [0.15, 0.2) is 0 Å². The Morgan fingerprint density at radius 3 is 2.35 bits per heavy atom. The summed E-state index contributed by atoms with van der Waals surface area (Å²) < 4.78 is 9.79. The maximum absolute atomic E-state index is 11.8. The number of carbonyl (C=O) groups excluding carboxylic acids is 3. The number of amides is 2. The molecule has 7 nitrogen and oxygen atoms in total. The molecule has 3 N–H and O–H groups in total. The van der Waals surface area contributed by atoms with Crippen molar-refractivity contribution in [2.45, 2.75) is 32.2 Å². The summed E-state index contributed by atoms with van der Waals surface area (Å²) >= 11 is 0. The molecule has 0 aromatic heterocycles. The Hall–Kier alpha value is -2.57. The number of ether oxygens (including phenoxy) is 2. The van der Waals surface area contributed by atoms with E-state index in [0.717, 1.165) is 5.56 Å². The van der Waals surface area contributed by atoms with Crippen molar-refractivity contribution in [3.8, 4) is 5.75 Å². The van der Waals surface area contributed by atoms with Crippen molar-refractivity contribution in [1.82, 2.24) is 5.32 Å². The van der Waals surface area contributed by atoms with E-state index in [2.05, 4.69) is 5.32 Å². The molecule has 0 fully saturated rings. The molecule has 7 heteroatoms. The van der Waals surface area contributed by atoms with Gasteiger partial charge in [-0.1, -0.05) is 12.1 Å². The lowest BCUT2D eigenvalue weighted by atomic mass is 10.0. The van der Waals surface area contributed by atoms with E-state index < -0.39 is 23.8 Å². The average molecular weight is 322 g/mol. The minimum atomic E-state index is -0.835.